The SMILES string of the molecule is Cc1c(Cl)cc(NC(=O)CCC(N)C(N)=O)cc1S(=O)(=O)O. The number of nitrogens with two attached hydrogens (primary N) is 2. The second-order valence-electron chi connectivity index (χ2n) is 4.65. The topological polar surface area (TPSA) is 153 Å². The van der Waals surface area contributed by atoms with Gasteiger partial charge in [-0.2, -0.15) is 8.42 Å². The molecule has 0 aromatic heterocycles. The summed E-state index contributed by atoms with van der Waals surface area (Å²) in [5.41, 5.74) is 10.6. The Labute approximate surface area is 132 Å². The smallest absolute Gasteiger partial charge is 0.294 e. The lowest BCUT2D eigenvalue weighted by Gasteiger charge is -2.11. The van der Waals surface area contributed by atoms with Crippen LogP contribution in [0.3, 0.4) is 0 Å². The molecule has 0 radical (unpaired) electrons. The zero-order chi connectivity index (χ0) is 17.1. The van der Waals surface area contributed by atoms with Crippen LogP contribution < -0.4 is 16.8 Å². The van der Waals surface area contributed by atoms with Crippen LogP contribution >= 0.6 is 11.6 Å². The van der Waals surface area contributed by atoms with E-state index >= 15 is 0 Å². The van der Waals surface area contributed by atoms with Crippen LogP contribution in [0, 0.1) is 6.92 Å². The van der Waals surface area contributed by atoms with Gasteiger partial charge < -0.3 is 16.8 Å². The minimum Gasteiger partial charge on any atom is -0.368 e. The van der Waals surface area contributed by atoms with Crippen molar-refractivity contribution in [2.24, 2.45) is 11.5 Å². The number of carbonyl (C=O) groups excluding carboxylic acids is 2. The molecule has 0 saturated heterocycles. The van der Waals surface area contributed by atoms with Crippen molar-refractivity contribution in [3.05, 3.63) is 22.7 Å². The third-order valence-electron chi connectivity index (χ3n) is 2.91. The molecular formula is C12H16ClN3O5S. The molecule has 1 unspecified atom stereocenters. The van der Waals surface area contributed by atoms with E-state index in [1.807, 2.05) is 0 Å². The van der Waals surface area contributed by atoms with Gasteiger partial charge in [0.25, 0.3) is 10.1 Å². The van der Waals surface area contributed by atoms with Gasteiger partial charge in [-0.05, 0) is 31.0 Å². The average Bonchev–Trinajstić information content (AvgIpc) is 2.38. The Kier molecular flexibility index (Phi) is 5.89. The molecule has 10 heteroatoms. The fraction of sp³-hybridized carbons (Fsp3) is 0.333. The van der Waals surface area contributed by atoms with E-state index in [9.17, 15) is 18.0 Å². The number of hydrogen-bond donors (Lipinski definition) is 4. The number of carbonyl (C=O) groups is 2. The molecule has 0 heterocycles. The first-order valence-electron chi connectivity index (χ1n) is 6.14. The third-order valence-corrected chi connectivity index (χ3v) is 4.28. The van der Waals surface area contributed by atoms with Gasteiger partial charge in [-0.1, -0.05) is 11.6 Å². The number of primary amides is 1. The molecule has 0 aliphatic rings. The Bertz CT molecular complexity index is 705. The predicted molar refractivity (Wildman–Crippen MR) is 81.0 cm³/mol. The van der Waals surface area contributed by atoms with Crippen molar-refractivity contribution in [2.45, 2.75) is 30.7 Å². The van der Waals surface area contributed by atoms with Crippen molar-refractivity contribution in [2.75, 3.05) is 5.32 Å². The Balaban J connectivity index is 2.89. The summed E-state index contributed by atoms with van der Waals surface area (Å²) in [7, 11) is -4.47. The highest BCUT2D eigenvalue weighted by Crippen LogP contribution is 2.27. The minimum absolute atomic E-state index is 0.0475. The standard InChI is InChI=1S/C12H16ClN3O5S/c1-6-8(13)4-7(5-10(6)22(19,20)21)16-11(17)3-2-9(14)12(15)18/h4-5,9H,2-3,14H2,1H3,(H2,15,18)(H,16,17)(H,19,20,21). The zero-order valence-corrected chi connectivity index (χ0v) is 13.2. The molecule has 1 rings (SSSR count). The highest BCUT2D eigenvalue weighted by Gasteiger charge is 2.18. The molecule has 22 heavy (non-hydrogen) atoms. The highest BCUT2D eigenvalue weighted by molar-refractivity contribution is 7.85. The first kappa shape index (κ1) is 18.4. The summed E-state index contributed by atoms with van der Waals surface area (Å²) >= 11 is 5.87. The molecule has 0 aliphatic heterocycles. The summed E-state index contributed by atoms with van der Waals surface area (Å²) in [4.78, 5) is 22.1. The van der Waals surface area contributed by atoms with Gasteiger partial charge in [-0.25, -0.2) is 0 Å². The fourth-order valence-electron chi connectivity index (χ4n) is 1.65. The van der Waals surface area contributed by atoms with E-state index in [2.05, 4.69) is 5.32 Å². The van der Waals surface area contributed by atoms with Crippen molar-refractivity contribution in [3.8, 4) is 0 Å². The number of anilines is 1. The van der Waals surface area contributed by atoms with Crippen LogP contribution in [-0.4, -0.2) is 30.8 Å². The first-order chi connectivity index (χ1) is 10.0. The maximum atomic E-state index is 11.7. The normalized spacial score (nSPS) is 12.7. The van der Waals surface area contributed by atoms with Gasteiger partial charge in [-0.15, -0.1) is 0 Å². The highest BCUT2D eigenvalue weighted by atomic mass is 35.5. The summed E-state index contributed by atoms with van der Waals surface area (Å²) in [6, 6.07) is 1.49. The van der Waals surface area contributed by atoms with E-state index in [0.29, 0.717) is 0 Å². The van der Waals surface area contributed by atoms with Crippen molar-refractivity contribution in [1.29, 1.82) is 0 Å². The number of nitrogens with one attached hydrogen (secondary N) is 1. The lowest BCUT2D eigenvalue weighted by molar-refractivity contribution is -0.119. The maximum Gasteiger partial charge on any atom is 0.294 e. The molecule has 0 fully saturated rings. The molecule has 0 aliphatic carbocycles. The first-order valence-corrected chi connectivity index (χ1v) is 7.96. The molecule has 0 bridgehead atoms. The fourth-order valence-corrected chi connectivity index (χ4v) is 2.69. The van der Waals surface area contributed by atoms with Crippen LogP contribution in [0.25, 0.3) is 0 Å². The second-order valence-corrected chi connectivity index (χ2v) is 6.45. The monoisotopic (exact) mass is 349 g/mol. The van der Waals surface area contributed by atoms with Crippen LogP contribution in [0.2, 0.25) is 5.02 Å². The molecule has 2 amide bonds. The van der Waals surface area contributed by atoms with E-state index in [1.54, 1.807) is 0 Å². The summed E-state index contributed by atoms with van der Waals surface area (Å²) in [5.74, 6) is -1.22. The van der Waals surface area contributed by atoms with Crippen molar-refractivity contribution < 1.29 is 22.6 Å². The van der Waals surface area contributed by atoms with Gasteiger partial charge in [0, 0.05) is 17.1 Å². The maximum absolute atomic E-state index is 11.7. The number of benzene rings is 1. The van der Waals surface area contributed by atoms with Gasteiger partial charge in [0.05, 0.1) is 6.04 Å². The summed E-state index contributed by atoms with van der Waals surface area (Å²) in [6.45, 7) is 1.42. The van der Waals surface area contributed by atoms with E-state index in [1.165, 1.54) is 13.0 Å². The summed E-state index contributed by atoms with van der Waals surface area (Å²) in [5, 5.41) is 2.48. The number of halogens is 1. The molecule has 1 atom stereocenters. The van der Waals surface area contributed by atoms with Gasteiger partial charge in [0.15, 0.2) is 0 Å². The molecule has 1 aromatic carbocycles. The molecule has 122 valence electrons. The third kappa shape index (κ3) is 4.95. The zero-order valence-electron chi connectivity index (χ0n) is 11.7. The van der Waals surface area contributed by atoms with Crippen molar-refractivity contribution in [3.63, 3.8) is 0 Å². The summed E-state index contributed by atoms with van der Waals surface area (Å²) in [6.07, 6.45) is -0.0390. The van der Waals surface area contributed by atoms with Crippen LogP contribution in [0.5, 0.6) is 0 Å². The molecule has 0 spiro atoms. The molecule has 0 saturated carbocycles. The molecular weight excluding hydrogens is 334 g/mol. The van der Waals surface area contributed by atoms with Gasteiger partial charge in [-0.3, -0.25) is 14.1 Å². The van der Waals surface area contributed by atoms with Gasteiger partial charge in [0.1, 0.15) is 4.90 Å². The van der Waals surface area contributed by atoms with Crippen molar-refractivity contribution >= 4 is 39.2 Å². The van der Waals surface area contributed by atoms with E-state index in [4.69, 9.17) is 27.6 Å². The Morgan fingerprint density at radius 2 is 2.00 bits per heavy atom. The van der Waals surface area contributed by atoms with E-state index in [0.717, 1.165) is 6.07 Å². The molecule has 8 nitrogen and oxygen atoms in total. The second kappa shape index (κ2) is 7.05. The number of hydrogen-bond acceptors (Lipinski definition) is 5. The largest absolute Gasteiger partial charge is 0.368 e. The Morgan fingerprint density at radius 3 is 2.50 bits per heavy atom. The summed E-state index contributed by atoms with van der Waals surface area (Å²) < 4.78 is 31.6. The van der Waals surface area contributed by atoms with Gasteiger partial charge >= 0.3 is 0 Å². The predicted octanol–water partition coefficient (Wildman–Crippen LogP) is 0.426. The number of rotatable bonds is 6. The van der Waals surface area contributed by atoms with Crippen LogP contribution in [-0.2, 0) is 19.7 Å². The van der Waals surface area contributed by atoms with E-state index in [-0.39, 0.29) is 29.1 Å². The van der Waals surface area contributed by atoms with Gasteiger partial charge in [0.2, 0.25) is 11.8 Å². The van der Waals surface area contributed by atoms with Crippen LogP contribution in [0.4, 0.5) is 5.69 Å². The van der Waals surface area contributed by atoms with Crippen LogP contribution in [0.1, 0.15) is 18.4 Å². The Morgan fingerprint density at radius 1 is 1.41 bits per heavy atom. The van der Waals surface area contributed by atoms with Crippen LogP contribution in [0.15, 0.2) is 17.0 Å². The Hall–Kier alpha value is -1.68. The lowest BCUT2D eigenvalue weighted by atomic mass is 10.1. The quantitative estimate of drug-likeness (QED) is 0.546. The van der Waals surface area contributed by atoms with Crippen molar-refractivity contribution in [1.82, 2.24) is 0 Å². The lowest BCUT2D eigenvalue weighted by Crippen LogP contribution is -2.37. The average molecular weight is 350 g/mol. The molecule has 6 N–H and O–H groups in total. The molecule has 1 aromatic rings. The minimum atomic E-state index is -4.47. The number of amides is 2. The van der Waals surface area contributed by atoms with E-state index < -0.39 is 32.9 Å².